The van der Waals surface area contributed by atoms with Crippen molar-refractivity contribution in [1.29, 1.82) is 0 Å². The molecule has 0 aliphatic heterocycles. The van der Waals surface area contributed by atoms with Gasteiger partial charge in [-0.1, -0.05) is 12.1 Å². The van der Waals surface area contributed by atoms with E-state index >= 15 is 0 Å². The van der Waals surface area contributed by atoms with E-state index in [1.54, 1.807) is 12.1 Å². The summed E-state index contributed by atoms with van der Waals surface area (Å²) in [6, 6.07) is 6.18. The summed E-state index contributed by atoms with van der Waals surface area (Å²) in [5, 5.41) is 4.98. The second-order valence-electron chi connectivity index (χ2n) is 3.89. The molecule has 0 saturated heterocycles. The highest BCUT2D eigenvalue weighted by atomic mass is 32.2. The van der Waals surface area contributed by atoms with E-state index in [2.05, 4.69) is 9.44 Å². The molecule has 1 aromatic carbocycles. The molecule has 0 fully saturated rings. The average Bonchev–Trinajstić information content (AvgIpc) is 2.34. The van der Waals surface area contributed by atoms with E-state index in [1.165, 1.54) is 19.2 Å². The predicted molar refractivity (Wildman–Crippen MR) is 72.1 cm³/mol. The van der Waals surface area contributed by atoms with Gasteiger partial charge in [-0.3, -0.25) is 0 Å². The van der Waals surface area contributed by atoms with Crippen LogP contribution < -0.4 is 14.6 Å². The Morgan fingerprint density at radius 2 is 1.68 bits per heavy atom. The molecule has 0 bridgehead atoms. The average molecular weight is 307 g/mol. The van der Waals surface area contributed by atoms with Gasteiger partial charge in [-0.25, -0.2) is 23.0 Å². The molecule has 108 valence electrons. The summed E-state index contributed by atoms with van der Waals surface area (Å²) < 4.78 is 48.7. The molecule has 0 saturated carbocycles. The summed E-state index contributed by atoms with van der Waals surface area (Å²) in [7, 11) is -5.74. The van der Waals surface area contributed by atoms with Crippen molar-refractivity contribution in [1.82, 2.24) is 9.44 Å². The number of hydrogen-bond donors (Lipinski definition) is 3. The third-order valence-corrected chi connectivity index (χ3v) is 4.51. The first kappa shape index (κ1) is 16.1. The zero-order chi connectivity index (χ0) is 14.5. The lowest BCUT2D eigenvalue weighted by molar-refractivity contribution is 0.570. The van der Waals surface area contributed by atoms with Crippen LogP contribution in [0.3, 0.4) is 0 Å². The van der Waals surface area contributed by atoms with Crippen LogP contribution in [0.2, 0.25) is 0 Å². The molecule has 0 aliphatic carbocycles. The summed E-state index contributed by atoms with van der Waals surface area (Å²) in [6.07, 6.45) is 1.24. The molecule has 4 N–H and O–H groups in total. The van der Waals surface area contributed by atoms with Crippen LogP contribution in [-0.2, 0) is 26.7 Å². The van der Waals surface area contributed by atoms with E-state index in [0.717, 1.165) is 5.56 Å². The van der Waals surface area contributed by atoms with Gasteiger partial charge in [-0.2, -0.15) is 8.42 Å². The fourth-order valence-electron chi connectivity index (χ4n) is 1.42. The molecule has 0 aliphatic rings. The third kappa shape index (κ3) is 5.66. The lowest BCUT2D eigenvalue weighted by Gasteiger charge is -2.05. The largest absolute Gasteiger partial charge is 0.276 e. The summed E-state index contributed by atoms with van der Waals surface area (Å²) in [5.41, 5.74) is 0.913. The van der Waals surface area contributed by atoms with E-state index in [1.807, 2.05) is 0 Å². The van der Waals surface area contributed by atoms with Crippen molar-refractivity contribution >= 4 is 20.2 Å². The van der Waals surface area contributed by atoms with Crippen LogP contribution in [0.1, 0.15) is 12.0 Å². The van der Waals surface area contributed by atoms with Gasteiger partial charge in [-0.15, -0.1) is 0 Å². The van der Waals surface area contributed by atoms with E-state index in [-0.39, 0.29) is 4.90 Å². The third-order valence-electron chi connectivity index (χ3n) is 2.45. The van der Waals surface area contributed by atoms with Crippen molar-refractivity contribution in [3.8, 4) is 0 Å². The molecule has 7 nitrogen and oxygen atoms in total. The van der Waals surface area contributed by atoms with Crippen molar-refractivity contribution in [3.63, 3.8) is 0 Å². The summed E-state index contributed by atoms with van der Waals surface area (Å²) >= 11 is 0. The molecule has 0 radical (unpaired) electrons. The van der Waals surface area contributed by atoms with Crippen LogP contribution in [0.25, 0.3) is 0 Å². The highest BCUT2D eigenvalue weighted by Gasteiger charge is 2.07. The minimum absolute atomic E-state index is 0.0622. The maximum absolute atomic E-state index is 11.1. The van der Waals surface area contributed by atoms with Gasteiger partial charge in [0.25, 0.3) is 10.2 Å². The fourth-order valence-corrected chi connectivity index (χ4v) is 2.49. The van der Waals surface area contributed by atoms with E-state index in [9.17, 15) is 16.8 Å². The summed E-state index contributed by atoms with van der Waals surface area (Å²) in [4.78, 5) is 0.0622. The number of hydrogen-bond acceptors (Lipinski definition) is 4. The molecule has 1 rings (SSSR count). The molecular weight excluding hydrogens is 290 g/mol. The smallest absolute Gasteiger partial charge is 0.225 e. The van der Waals surface area contributed by atoms with Gasteiger partial charge in [-0.05, 0) is 30.5 Å². The second kappa shape index (κ2) is 6.44. The Kier molecular flexibility index (Phi) is 5.44. The summed E-state index contributed by atoms with van der Waals surface area (Å²) in [5.74, 6) is 0. The normalized spacial score (nSPS) is 12.5. The minimum Gasteiger partial charge on any atom is -0.225 e. The lowest BCUT2D eigenvalue weighted by atomic mass is 10.1. The van der Waals surface area contributed by atoms with Crippen molar-refractivity contribution in [3.05, 3.63) is 29.8 Å². The number of benzene rings is 1. The number of aryl methyl sites for hydroxylation is 1. The molecule has 0 heterocycles. The van der Waals surface area contributed by atoms with Gasteiger partial charge < -0.3 is 0 Å². The Labute approximate surface area is 113 Å². The number of rotatable bonds is 7. The van der Waals surface area contributed by atoms with Gasteiger partial charge in [0.1, 0.15) is 0 Å². The van der Waals surface area contributed by atoms with Crippen molar-refractivity contribution in [2.75, 3.05) is 13.6 Å². The topological polar surface area (TPSA) is 118 Å². The zero-order valence-corrected chi connectivity index (χ0v) is 12.1. The molecular formula is C10H17N3O4S2. The maximum atomic E-state index is 11.1. The van der Waals surface area contributed by atoms with Crippen molar-refractivity contribution in [2.24, 2.45) is 5.14 Å². The Morgan fingerprint density at radius 1 is 1.11 bits per heavy atom. The summed E-state index contributed by atoms with van der Waals surface area (Å²) in [6.45, 7) is 0.306. The highest BCUT2D eigenvalue weighted by molar-refractivity contribution is 7.89. The molecule has 1 aromatic rings. The molecule has 0 unspecified atom stereocenters. The number of primary sulfonamides is 1. The van der Waals surface area contributed by atoms with Crippen LogP contribution >= 0.6 is 0 Å². The molecule has 0 aromatic heterocycles. The van der Waals surface area contributed by atoms with Gasteiger partial charge >= 0.3 is 0 Å². The lowest BCUT2D eigenvalue weighted by Crippen LogP contribution is -2.34. The van der Waals surface area contributed by atoms with Gasteiger partial charge in [0, 0.05) is 13.6 Å². The predicted octanol–water partition coefficient (Wildman–Crippen LogP) is -0.680. The molecule has 9 heteroatoms. The number of nitrogens with two attached hydrogens (primary N) is 1. The van der Waals surface area contributed by atoms with Crippen LogP contribution in [0, 0.1) is 0 Å². The van der Waals surface area contributed by atoms with E-state index < -0.39 is 20.2 Å². The van der Waals surface area contributed by atoms with Gasteiger partial charge in [0.05, 0.1) is 4.90 Å². The quantitative estimate of drug-likeness (QED) is 0.578. The molecule has 0 spiro atoms. The van der Waals surface area contributed by atoms with Crippen LogP contribution in [0.5, 0.6) is 0 Å². The highest BCUT2D eigenvalue weighted by Crippen LogP contribution is 2.10. The monoisotopic (exact) mass is 307 g/mol. The van der Waals surface area contributed by atoms with Crippen molar-refractivity contribution < 1.29 is 16.8 Å². The first-order valence-corrected chi connectivity index (χ1v) is 8.57. The Balaban J connectivity index is 2.47. The van der Waals surface area contributed by atoms with Crippen LogP contribution in [0.4, 0.5) is 0 Å². The maximum Gasteiger partial charge on any atom is 0.276 e. The first-order valence-electron chi connectivity index (χ1n) is 5.54. The van der Waals surface area contributed by atoms with Gasteiger partial charge in [0.15, 0.2) is 0 Å². The van der Waals surface area contributed by atoms with E-state index in [0.29, 0.717) is 19.4 Å². The molecule has 0 atom stereocenters. The van der Waals surface area contributed by atoms with Crippen molar-refractivity contribution in [2.45, 2.75) is 17.7 Å². The molecule has 0 amide bonds. The van der Waals surface area contributed by atoms with E-state index in [4.69, 9.17) is 5.14 Å². The first-order chi connectivity index (χ1) is 8.74. The Hall–Kier alpha value is -1.00. The second-order valence-corrected chi connectivity index (χ2v) is 7.16. The SMILES string of the molecule is CNS(=O)(=O)NCCCc1ccc(S(N)(=O)=O)cc1. The Bertz CT molecular complexity index is 609. The van der Waals surface area contributed by atoms with Crippen LogP contribution in [0.15, 0.2) is 29.2 Å². The number of sulfonamides is 1. The minimum atomic E-state index is -3.67. The molecule has 19 heavy (non-hydrogen) atoms. The van der Waals surface area contributed by atoms with Crippen LogP contribution in [-0.4, -0.2) is 30.4 Å². The zero-order valence-electron chi connectivity index (χ0n) is 10.5. The fraction of sp³-hybridized carbons (Fsp3) is 0.400. The standard InChI is InChI=1S/C10H17N3O4S2/c1-12-19(16,17)13-8-2-3-9-4-6-10(7-5-9)18(11,14)15/h4-7,12-13H,2-3,8H2,1H3,(H2,11,14,15). The van der Waals surface area contributed by atoms with Gasteiger partial charge in [0.2, 0.25) is 10.0 Å². The number of nitrogens with one attached hydrogen (secondary N) is 2. The Morgan fingerprint density at radius 3 is 2.16 bits per heavy atom.